The summed E-state index contributed by atoms with van der Waals surface area (Å²) in [6.07, 6.45) is 0.848. The van der Waals surface area contributed by atoms with E-state index in [0.29, 0.717) is 24.3 Å². The van der Waals surface area contributed by atoms with E-state index in [4.69, 9.17) is 10.5 Å². The number of carbonyl (C=O) groups is 3. The molecule has 1 aromatic rings. The first-order valence-electron chi connectivity index (χ1n) is 8.08. The summed E-state index contributed by atoms with van der Waals surface area (Å²) in [6.45, 7) is 0.0444. The zero-order valence-electron chi connectivity index (χ0n) is 13.5. The molecule has 0 saturated heterocycles. The molecule has 4 atom stereocenters. The van der Waals surface area contributed by atoms with Crippen LogP contribution in [0.3, 0.4) is 0 Å². The third-order valence-electron chi connectivity index (χ3n) is 5.40. The van der Waals surface area contributed by atoms with Gasteiger partial charge < -0.3 is 20.3 Å². The Balaban J connectivity index is 1.70. The standard InChI is InChI=1S/C17H20N2O6/c18-8-25-10-3-1-9(2-4-10)19-13(20)7-17-11(14(17)16(23)24)5-6-12(17)15(21)22/h1-4,11-12,14H,5-8,18H2,(H,19,20)(H,21,22)(H,23,24). The van der Waals surface area contributed by atoms with E-state index in [0.717, 1.165) is 0 Å². The van der Waals surface area contributed by atoms with E-state index in [1.165, 1.54) is 0 Å². The number of nitrogens with one attached hydrogen (secondary N) is 1. The first kappa shape index (κ1) is 17.2. The van der Waals surface area contributed by atoms with Crippen LogP contribution in [0.5, 0.6) is 5.75 Å². The smallest absolute Gasteiger partial charge is 0.307 e. The molecule has 2 fully saturated rings. The Morgan fingerprint density at radius 1 is 1.16 bits per heavy atom. The van der Waals surface area contributed by atoms with E-state index in [2.05, 4.69) is 5.32 Å². The van der Waals surface area contributed by atoms with Gasteiger partial charge in [-0.25, -0.2) is 0 Å². The summed E-state index contributed by atoms with van der Waals surface area (Å²) in [4.78, 5) is 35.3. The van der Waals surface area contributed by atoms with Crippen molar-refractivity contribution in [3.05, 3.63) is 24.3 Å². The number of amides is 1. The molecule has 5 N–H and O–H groups in total. The van der Waals surface area contributed by atoms with Crippen LogP contribution in [0.15, 0.2) is 24.3 Å². The molecule has 0 heterocycles. The fraction of sp³-hybridized carbons (Fsp3) is 0.471. The van der Waals surface area contributed by atoms with Crippen LogP contribution in [0.1, 0.15) is 19.3 Å². The molecule has 2 aliphatic rings. The fourth-order valence-corrected chi connectivity index (χ4v) is 4.40. The number of benzene rings is 1. The summed E-state index contributed by atoms with van der Waals surface area (Å²) in [7, 11) is 0. The van der Waals surface area contributed by atoms with Gasteiger partial charge in [-0.05, 0) is 43.0 Å². The van der Waals surface area contributed by atoms with Crippen LogP contribution in [0, 0.1) is 23.2 Å². The van der Waals surface area contributed by atoms with Crippen LogP contribution in [-0.4, -0.2) is 34.8 Å². The van der Waals surface area contributed by atoms with Crippen LogP contribution in [-0.2, 0) is 14.4 Å². The highest BCUT2D eigenvalue weighted by Crippen LogP contribution is 2.72. The van der Waals surface area contributed by atoms with Gasteiger partial charge in [0, 0.05) is 17.5 Å². The second kappa shape index (κ2) is 6.36. The lowest BCUT2D eigenvalue weighted by Gasteiger charge is -2.20. The molecule has 0 aliphatic heterocycles. The number of ether oxygens (including phenoxy) is 1. The van der Waals surface area contributed by atoms with E-state index < -0.39 is 29.2 Å². The van der Waals surface area contributed by atoms with Crippen LogP contribution >= 0.6 is 0 Å². The van der Waals surface area contributed by atoms with Gasteiger partial charge in [-0.2, -0.15) is 0 Å². The number of rotatable bonds is 7. The molecule has 0 bridgehead atoms. The lowest BCUT2D eigenvalue weighted by molar-refractivity contribution is -0.146. The van der Waals surface area contributed by atoms with Gasteiger partial charge in [-0.3, -0.25) is 20.1 Å². The summed E-state index contributed by atoms with van der Waals surface area (Å²) in [6, 6.07) is 6.58. The maximum atomic E-state index is 12.4. The summed E-state index contributed by atoms with van der Waals surface area (Å²) in [5.74, 6) is -3.65. The van der Waals surface area contributed by atoms with E-state index in [9.17, 15) is 24.6 Å². The number of hydrogen-bond acceptors (Lipinski definition) is 5. The van der Waals surface area contributed by atoms with Crippen molar-refractivity contribution in [2.75, 3.05) is 12.0 Å². The van der Waals surface area contributed by atoms with Gasteiger partial charge >= 0.3 is 11.9 Å². The van der Waals surface area contributed by atoms with Gasteiger partial charge in [-0.15, -0.1) is 0 Å². The average molecular weight is 348 g/mol. The van der Waals surface area contributed by atoms with Gasteiger partial charge in [0.2, 0.25) is 5.91 Å². The number of anilines is 1. The zero-order chi connectivity index (χ0) is 18.2. The molecule has 25 heavy (non-hydrogen) atoms. The van der Waals surface area contributed by atoms with Gasteiger partial charge in [0.15, 0.2) is 0 Å². The number of carboxylic acid groups (broad SMARTS) is 2. The van der Waals surface area contributed by atoms with Crippen LogP contribution in [0.4, 0.5) is 5.69 Å². The number of nitrogens with two attached hydrogens (primary N) is 1. The van der Waals surface area contributed by atoms with Gasteiger partial charge in [0.05, 0.1) is 11.8 Å². The van der Waals surface area contributed by atoms with Gasteiger partial charge in [0.25, 0.3) is 0 Å². The summed E-state index contributed by atoms with van der Waals surface area (Å²) in [5, 5.41) is 21.5. The van der Waals surface area contributed by atoms with Gasteiger partial charge in [0.1, 0.15) is 12.5 Å². The van der Waals surface area contributed by atoms with Crippen molar-refractivity contribution in [1.29, 1.82) is 0 Å². The molecule has 0 radical (unpaired) electrons. The maximum absolute atomic E-state index is 12.4. The van der Waals surface area contributed by atoms with Crippen molar-refractivity contribution in [2.24, 2.45) is 28.9 Å². The molecular weight excluding hydrogens is 328 g/mol. The van der Waals surface area contributed by atoms with Crippen LogP contribution < -0.4 is 15.8 Å². The van der Waals surface area contributed by atoms with Crippen molar-refractivity contribution in [3.8, 4) is 5.75 Å². The molecule has 0 aromatic heterocycles. The lowest BCUT2D eigenvalue weighted by atomic mass is 9.84. The zero-order valence-corrected chi connectivity index (χ0v) is 13.5. The predicted molar refractivity (Wildman–Crippen MR) is 86.8 cm³/mol. The van der Waals surface area contributed by atoms with Crippen molar-refractivity contribution < 1.29 is 29.3 Å². The molecule has 3 rings (SSSR count). The predicted octanol–water partition coefficient (Wildman–Crippen LogP) is 1.12. The van der Waals surface area contributed by atoms with Crippen molar-refractivity contribution in [2.45, 2.75) is 19.3 Å². The molecule has 134 valence electrons. The summed E-state index contributed by atoms with van der Waals surface area (Å²) < 4.78 is 5.11. The first-order valence-corrected chi connectivity index (χ1v) is 8.08. The molecule has 1 amide bonds. The summed E-state index contributed by atoms with van der Waals surface area (Å²) >= 11 is 0. The van der Waals surface area contributed by atoms with E-state index in [1.807, 2.05) is 0 Å². The van der Waals surface area contributed by atoms with Crippen molar-refractivity contribution in [3.63, 3.8) is 0 Å². The number of fused-ring (bicyclic) bond motifs is 1. The van der Waals surface area contributed by atoms with Crippen molar-refractivity contribution in [1.82, 2.24) is 0 Å². The highest BCUT2D eigenvalue weighted by atomic mass is 16.5. The Hall–Kier alpha value is -2.61. The Morgan fingerprint density at radius 3 is 2.36 bits per heavy atom. The molecule has 2 saturated carbocycles. The van der Waals surface area contributed by atoms with E-state index in [1.54, 1.807) is 24.3 Å². The largest absolute Gasteiger partial charge is 0.481 e. The minimum atomic E-state index is -1.03. The minimum absolute atomic E-state index is 0.0444. The van der Waals surface area contributed by atoms with Gasteiger partial charge in [-0.1, -0.05) is 0 Å². The van der Waals surface area contributed by atoms with Crippen LogP contribution in [0.25, 0.3) is 0 Å². The maximum Gasteiger partial charge on any atom is 0.307 e. The number of aliphatic carboxylic acids is 2. The molecule has 0 spiro atoms. The molecule has 4 unspecified atom stereocenters. The van der Waals surface area contributed by atoms with E-state index >= 15 is 0 Å². The summed E-state index contributed by atoms with van der Waals surface area (Å²) in [5.41, 5.74) is 4.84. The van der Waals surface area contributed by atoms with Crippen molar-refractivity contribution >= 4 is 23.5 Å². The average Bonchev–Trinajstić information content (AvgIpc) is 3.02. The fourth-order valence-electron chi connectivity index (χ4n) is 4.40. The Bertz CT molecular complexity index is 704. The second-order valence-corrected chi connectivity index (χ2v) is 6.56. The molecule has 1 aromatic carbocycles. The Kier molecular flexibility index (Phi) is 4.38. The quantitative estimate of drug-likeness (QED) is 0.541. The monoisotopic (exact) mass is 348 g/mol. The molecule has 2 aliphatic carbocycles. The normalized spacial score (nSPS) is 29.6. The SMILES string of the molecule is NCOc1ccc(NC(=O)CC23C(C(=O)O)CCC2C3C(=O)O)cc1. The number of carboxylic acids is 2. The number of carbonyl (C=O) groups excluding carboxylic acids is 1. The Morgan fingerprint density at radius 2 is 1.84 bits per heavy atom. The number of hydrogen-bond donors (Lipinski definition) is 4. The highest BCUT2D eigenvalue weighted by Gasteiger charge is 2.76. The Labute approximate surface area is 144 Å². The first-order chi connectivity index (χ1) is 11.9. The van der Waals surface area contributed by atoms with E-state index in [-0.39, 0.29) is 25.0 Å². The second-order valence-electron chi connectivity index (χ2n) is 6.56. The third-order valence-corrected chi connectivity index (χ3v) is 5.40. The lowest BCUT2D eigenvalue weighted by Crippen LogP contribution is -2.30. The minimum Gasteiger partial charge on any atom is -0.481 e. The molecule has 8 nitrogen and oxygen atoms in total. The van der Waals surface area contributed by atoms with Crippen LogP contribution in [0.2, 0.25) is 0 Å². The highest BCUT2D eigenvalue weighted by molar-refractivity contribution is 5.94. The molecule has 8 heteroatoms. The molecular formula is C17H20N2O6. The third kappa shape index (κ3) is 2.93. The topological polar surface area (TPSA) is 139 Å².